The Bertz CT molecular complexity index is 297. The molecular formula is C11H20F3N3O2. The van der Waals surface area contributed by atoms with Crippen molar-refractivity contribution in [2.75, 3.05) is 32.8 Å². The third-order valence-electron chi connectivity index (χ3n) is 3.07. The highest BCUT2D eigenvalue weighted by Gasteiger charge is 2.27. The lowest BCUT2D eigenvalue weighted by Gasteiger charge is -2.31. The van der Waals surface area contributed by atoms with E-state index < -0.39 is 12.8 Å². The van der Waals surface area contributed by atoms with Crippen LogP contribution in [0.3, 0.4) is 0 Å². The van der Waals surface area contributed by atoms with Gasteiger partial charge in [-0.15, -0.1) is 0 Å². The molecule has 1 heterocycles. The number of rotatable bonds is 6. The Morgan fingerprint density at radius 2 is 2.21 bits per heavy atom. The smallest absolute Gasteiger partial charge is 0.409 e. The SMILES string of the molecule is NC(=NO)C1CCCN(CCCOCC(F)(F)F)C1. The zero-order valence-corrected chi connectivity index (χ0v) is 10.7. The quantitative estimate of drug-likeness (QED) is 0.254. The summed E-state index contributed by atoms with van der Waals surface area (Å²) in [6, 6.07) is 0. The lowest BCUT2D eigenvalue weighted by Crippen LogP contribution is -2.41. The molecule has 0 bridgehead atoms. The fourth-order valence-corrected chi connectivity index (χ4v) is 2.16. The molecule has 5 nitrogen and oxygen atoms in total. The van der Waals surface area contributed by atoms with Crippen molar-refractivity contribution in [1.82, 2.24) is 4.90 Å². The fourth-order valence-electron chi connectivity index (χ4n) is 2.16. The molecule has 1 saturated heterocycles. The van der Waals surface area contributed by atoms with E-state index in [0.717, 1.165) is 19.4 Å². The van der Waals surface area contributed by atoms with Crippen molar-refractivity contribution in [1.29, 1.82) is 0 Å². The Morgan fingerprint density at radius 3 is 2.84 bits per heavy atom. The van der Waals surface area contributed by atoms with Crippen LogP contribution in [-0.2, 0) is 4.74 Å². The van der Waals surface area contributed by atoms with E-state index in [1.54, 1.807) is 0 Å². The van der Waals surface area contributed by atoms with E-state index in [2.05, 4.69) is 14.8 Å². The van der Waals surface area contributed by atoms with E-state index in [1.165, 1.54) is 0 Å². The number of nitrogens with two attached hydrogens (primary N) is 1. The summed E-state index contributed by atoms with van der Waals surface area (Å²) in [6.07, 6.45) is -1.91. The van der Waals surface area contributed by atoms with E-state index in [9.17, 15) is 13.2 Å². The van der Waals surface area contributed by atoms with Gasteiger partial charge in [-0.3, -0.25) is 0 Å². The van der Waals surface area contributed by atoms with Crippen LogP contribution in [-0.4, -0.2) is 55.0 Å². The Labute approximate surface area is 110 Å². The number of likely N-dealkylation sites (tertiary alicyclic amines) is 1. The van der Waals surface area contributed by atoms with Gasteiger partial charge in [0, 0.05) is 25.6 Å². The Balaban J connectivity index is 2.16. The van der Waals surface area contributed by atoms with Crippen molar-refractivity contribution in [2.45, 2.75) is 25.4 Å². The molecule has 0 radical (unpaired) electrons. The second-order valence-electron chi connectivity index (χ2n) is 4.69. The molecule has 1 aliphatic rings. The predicted octanol–water partition coefficient (Wildman–Crippen LogP) is 1.41. The lowest BCUT2D eigenvalue weighted by molar-refractivity contribution is -0.174. The summed E-state index contributed by atoms with van der Waals surface area (Å²) in [5.41, 5.74) is 5.56. The molecule has 0 aromatic heterocycles. The second-order valence-corrected chi connectivity index (χ2v) is 4.69. The van der Waals surface area contributed by atoms with Crippen LogP contribution in [0.5, 0.6) is 0 Å². The number of hydrogen-bond donors (Lipinski definition) is 2. The van der Waals surface area contributed by atoms with Crippen LogP contribution in [0, 0.1) is 5.92 Å². The highest BCUT2D eigenvalue weighted by Crippen LogP contribution is 2.17. The van der Waals surface area contributed by atoms with Gasteiger partial charge in [-0.2, -0.15) is 13.2 Å². The molecule has 0 saturated carbocycles. The molecular weight excluding hydrogens is 263 g/mol. The summed E-state index contributed by atoms with van der Waals surface area (Å²) < 4.78 is 40.0. The van der Waals surface area contributed by atoms with Gasteiger partial charge in [0.05, 0.1) is 0 Å². The summed E-state index contributed by atoms with van der Waals surface area (Å²) >= 11 is 0. The molecule has 0 amide bonds. The number of alkyl halides is 3. The predicted molar refractivity (Wildman–Crippen MR) is 64.1 cm³/mol. The van der Waals surface area contributed by atoms with Crippen LogP contribution in [0.4, 0.5) is 13.2 Å². The molecule has 1 atom stereocenters. The molecule has 0 aromatic rings. The second kappa shape index (κ2) is 7.54. The number of halogens is 3. The summed E-state index contributed by atoms with van der Waals surface area (Å²) in [6.45, 7) is 1.11. The Kier molecular flexibility index (Phi) is 6.36. The van der Waals surface area contributed by atoms with Crippen molar-refractivity contribution < 1.29 is 23.1 Å². The maximum Gasteiger partial charge on any atom is 0.411 e. The third kappa shape index (κ3) is 6.63. The highest BCUT2D eigenvalue weighted by molar-refractivity contribution is 5.82. The van der Waals surface area contributed by atoms with Crippen molar-refractivity contribution in [3.8, 4) is 0 Å². The summed E-state index contributed by atoms with van der Waals surface area (Å²) in [4.78, 5) is 2.10. The fraction of sp³-hybridized carbons (Fsp3) is 0.909. The number of oxime groups is 1. The van der Waals surface area contributed by atoms with E-state index >= 15 is 0 Å². The first-order chi connectivity index (χ1) is 8.92. The van der Waals surface area contributed by atoms with E-state index in [0.29, 0.717) is 19.5 Å². The number of amidine groups is 1. The maximum absolute atomic E-state index is 11.8. The van der Waals surface area contributed by atoms with Crippen LogP contribution in [0.2, 0.25) is 0 Å². The molecule has 0 aliphatic carbocycles. The van der Waals surface area contributed by atoms with Gasteiger partial charge in [0.2, 0.25) is 0 Å². The largest absolute Gasteiger partial charge is 0.411 e. The van der Waals surface area contributed by atoms with Gasteiger partial charge in [0.15, 0.2) is 0 Å². The average Bonchev–Trinajstić information content (AvgIpc) is 2.36. The summed E-state index contributed by atoms with van der Waals surface area (Å²) in [7, 11) is 0. The minimum absolute atomic E-state index is 0.0230. The van der Waals surface area contributed by atoms with Crippen molar-refractivity contribution in [3.05, 3.63) is 0 Å². The number of piperidine rings is 1. The van der Waals surface area contributed by atoms with Gasteiger partial charge in [-0.1, -0.05) is 5.16 Å². The van der Waals surface area contributed by atoms with Gasteiger partial charge >= 0.3 is 6.18 Å². The number of hydrogen-bond acceptors (Lipinski definition) is 4. The van der Waals surface area contributed by atoms with Crippen molar-refractivity contribution in [2.24, 2.45) is 16.8 Å². The molecule has 1 fully saturated rings. The minimum atomic E-state index is -4.26. The van der Waals surface area contributed by atoms with Crippen LogP contribution in [0.25, 0.3) is 0 Å². The van der Waals surface area contributed by atoms with Crippen LogP contribution in [0.15, 0.2) is 5.16 Å². The topological polar surface area (TPSA) is 71.1 Å². The molecule has 0 aromatic carbocycles. The van der Waals surface area contributed by atoms with Gasteiger partial charge in [0.25, 0.3) is 0 Å². The molecule has 1 rings (SSSR count). The van der Waals surface area contributed by atoms with Crippen LogP contribution >= 0.6 is 0 Å². The Hall–Kier alpha value is -1.02. The first-order valence-electron chi connectivity index (χ1n) is 6.26. The van der Waals surface area contributed by atoms with E-state index in [4.69, 9.17) is 10.9 Å². The van der Waals surface area contributed by atoms with Gasteiger partial charge < -0.3 is 20.6 Å². The average molecular weight is 283 g/mol. The molecule has 8 heteroatoms. The van der Waals surface area contributed by atoms with Gasteiger partial charge in [0.1, 0.15) is 12.4 Å². The van der Waals surface area contributed by atoms with Gasteiger partial charge in [-0.25, -0.2) is 0 Å². The summed E-state index contributed by atoms with van der Waals surface area (Å²) in [5.74, 6) is 0.243. The van der Waals surface area contributed by atoms with E-state index in [-0.39, 0.29) is 18.4 Å². The molecule has 1 unspecified atom stereocenters. The molecule has 3 N–H and O–H groups in total. The molecule has 19 heavy (non-hydrogen) atoms. The Morgan fingerprint density at radius 1 is 1.47 bits per heavy atom. The molecule has 0 spiro atoms. The molecule has 112 valence electrons. The number of nitrogens with zero attached hydrogens (tertiary/aromatic N) is 2. The first-order valence-corrected chi connectivity index (χ1v) is 6.26. The standard InChI is InChI=1S/C11H20F3N3O2/c12-11(13,14)8-19-6-2-5-17-4-1-3-9(7-17)10(15)16-18/h9,18H,1-8H2,(H2,15,16). The van der Waals surface area contributed by atoms with Crippen LogP contribution in [0.1, 0.15) is 19.3 Å². The van der Waals surface area contributed by atoms with E-state index in [1.807, 2.05) is 0 Å². The van der Waals surface area contributed by atoms with Crippen LogP contribution < -0.4 is 5.73 Å². The highest BCUT2D eigenvalue weighted by atomic mass is 19.4. The molecule has 1 aliphatic heterocycles. The maximum atomic E-state index is 11.8. The lowest BCUT2D eigenvalue weighted by atomic mass is 9.97. The minimum Gasteiger partial charge on any atom is -0.409 e. The van der Waals surface area contributed by atoms with Gasteiger partial charge in [-0.05, 0) is 25.8 Å². The summed E-state index contributed by atoms with van der Waals surface area (Å²) in [5, 5.41) is 11.6. The third-order valence-corrected chi connectivity index (χ3v) is 3.07. The zero-order valence-electron chi connectivity index (χ0n) is 10.7. The zero-order chi connectivity index (χ0) is 14.3. The van der Waals surface area contributed by atoms with Crippen molar-refractivity contribution in [3.63, 3.8) is 0 Å². The normalized spacial score (nSPS) is 22.7. The monoisotopic (exact) mass is 283 g/mol. The van der Waals surface area contributed by atoms with Crippen molar-refractivity contribution >= 4 is 5.84 Å². The first kappa shape index (κ1) is 16.0. The number of ether oxygens (including phenoxy) is 1.